The Balaban J connectivity index is 3.27. The van der Waals surface area contributed by atoms with E-state index in [1.807, 2.05) is 32.0 Å². The summed E-state index contributed by atoms with van der Waals surface area (Å²) in [7, 11) is 0. The Morgan fingerprint density at radius 1 is 1.00 bits per heavy atom. The summed E-state index contributed by atoms with van der Waals surface area (Å²) in [5.41, 5.74) is 3.06. The molecule has 110 valence electrons. The van der Waals surface area contributed by atoms with E-state index < -0.39 is 17.9 Å². The van der Waals surface area contributed by atoms with E-state index >= 15 is 0 Å². The Morgan fingerprint density at radius 2 is 1.55 bits per heavy atom. The lowest BCUT2D eigenvalue weighted by Crippen LogP contribution is -2.26. The molecule has 0 unspecified atom stereocenters. The predicted molar refractivity (Wildman–Crippen MR) is 77.1 cm³/mol. The van der Waals surface area contributed by atoms with Gasteiger partial charge in [-0.2, -0.15) is 0 Å². The first-order chi connectivity index (χ1) is 9.25. The quantitative estimate of drug-likeness (QED) is 0.783. The Labute approximate surface area is 119 Å². The molecule has 1 aromatic rings. The summed E-state index contributed by atoms with van der Waals surface area (Å²) in [6.45, 7) is 8.25. The Bertz CT molecular complexity index is 489. The first-order valence-electron chi connectivity index (χ1n) is 6.83. The number of benzene rings is 1. The highest BCUT2D eigenvalue weighted by molar-refractivity contribution is 5.93. The molecule has 4 heteroatoms. The van der Waals surface area contributed by atoms with Crippen LogP contribution in [0.1, 0.15) is 56.2 Å². The number of carbonyl (C=O) groups is 2. The van der Waals surface area contributed by atoms with Gasteiger partial charge in [0.05, 0.1) is 0 Å². The molecule has 2 N–H and O–H groups in total. The highest BCUT2D eigenvalue weighted by atomic mass is 16.4. The molecule has 0 aliphatic carbocycles. The van der Waals surface area contributed by atoms with Gasteiger partial charge in [-0.25, -0.2) is 0 Å². The smallest absolute Gasteiger partial charge is 0.318 e. The highest BCUT2D eigenvalue weighted by Gasteiger charge is 2.28. The molecule has 0 aliphatic heterocycles. The van der Waals surface area contributed by atoms with Crippen molar-refractivity contribution in [3.8, 4) is 0 Å². The Kier molecular flexibility index (Phi) is 5.31. The number of rotatable bonds is 6. The van der Waals surface area contributed by atoms with Gasteiger partial charge in [0.2, 0.25) is 0 Å². The fraction of sp³-hybridized carbons (Fsp3) is 0.500. The molecule has 0 spiro atoms. The predicted octanol–water partition coefficient (Wildman–Crippen LogP) is 3.26. The number of carboxylic acids is 2. The topological polar surface area (TPSA) is 74.6 Å². The molecule has 0 radical (unpaired) electrons. The maximum absolute atomic E-state index is 11.1. The van der Waals surface area contributed by atoms with Gasteiger partial charge in [-0.1, -0.05) is 45.9 Å². The minimum atomic E-state index is -1.39. The van der Waals surface area contributed by atoms with Crippen molar-refractivity contribution in [2.75, 3.05) is 0 Å². The van der Waals surface area contributed by atoms with Crippen molar-refractivity contribution >= 4 is 11.9 Å². The molecule has 4 nitrogen and oxygen atoms in total. The minimum absolute atomic E-state index is 0.0265. The molecule has 0 bridgehead atoms. The second-order valence-corrected chi connectivity index (χ2v) is 5.66. The Hall–Kier alpha value is -1.84. The molecular formula is C16H22O4. The molecule has 0 saturated heterocycles. The van der Waals surface area contributed by atoms with Crippen LogP contribution in [0.2, 0.25) is 0 Å². The monoisotopic (exact) mass is 278 g/mol. The summed E-state index contributed by atoms with van der Waals surface area (Å²) in [5.74, 6) is -3.42. The van der Waals surface area contributed by atoms with Gasteiger partial charge in [0, 0.05) is 0 Å². The van der Waals surface area contributed by atoms with Gasteiger partial charge < -0.3 is 10.2 Å². The standard InChI is InChI=1S/C16H22O4/c1-9(2)12-7-5-6-11(14(12)10(3)4)8-13(15(17)18)16(19)20/h5-7,9-10,13H,8H2,1-4H3,(H,17,18)(H,19,20). The molecule has 0 aliphatic rings. The molecule has 1 aromatic carbocycles. The highest BCUT2D eigenvalue weighted by Crippen LogP contribution is 2.30. The summed E-state index contributed by atoms with van der Waals surface area (Å²) in [5, 5.41) is 18.1. The third-order valence-electron chi connectivity index (χ3n) is 3.45. The lowest BCUT2D eigenvalue weighted by molar-refractivity contribution is -0.154. The lowest BCUT2D eigenvalue weighted by atomic mass is 9.84. The van der Waals surface area contributed by atoms with Gasteiger partial charge in [-0.15, -0.1) is 0 Å². The van der Waals surface area contributed by atoms with Crippen molar-refractivity contribution in [3.63, 3.8) is 0 Å². The summed E-state index contributed by atoms with van der Waals surface area (Å²) < 4.78 is 0. The fourth-order valence-electron chi connectivity index (χ4n) is 2.52. The van der Waals surface area contributed by atoms with Gasteiger partial charge >= 0.3 is 11.9 Å². The summed E-state index contributed by atoms with van der Waals surface area (Å²) in [4.78, 5) is 22.1. The Morgan fingerprint density at radius 3 is 1.95 bits per heavy atom. The van der Waals surface area contributed by atoms with Gasteiger partial charge in [-0.05, 0) is 34.9 Å². The molecule has 20 heavy (non-hydrogen) atoms. The number of hydrogen-bond acceptors (Lipinski definition) is 2. The zero-order valence-electron chi connectivity index (χ0n) is 12.4. The third-order valence-corrected chi connectivity index (χ3v) is 3.45. The van der Waals surface area contributed by atoms with Crippen LogP contribution in [0.5, 0.6) is 0 Å². The zero-order valence-corrected chi connectivity index (χ0v) is 12.4. The van der Waals surface area contributed by atoms with Crippen LogP contribution in [0, 0.1) is 5.92 Å². The van der Waals surface area contributed by atoms with Crippen LogP contribution in [-0.2, 0) is 16.0 Å². The molecule has 0 amide bonds. The molecule has 0 aromatic heterocycles. The second kappa shape index (κ2) is 6.55. The van der Waals surface area contributed by atoms with Crippen LogP contribution < -0.4 is 0 Å². The average molecular weight is 278 g/mol. The minimum Gasteiger partial charge on any atom is -0.481 e. The number of carboxylic acid groups (broad SMARTS) is 2. The van der Waals surface area contributed by atoms with E-state index in [4.69, 9.17) is 10.2 Å². The van der Waals surface area contributed by atoms with E-state index in [0.717, 1.165) is 16.7 Å². The van der Waals surface area contributed by atoms with E-state index in [9.17, 15) is 9.59 Å². The van der Waals surface area contributed by atoms with Crippen molar-refractivity contribution in [2.45, 2.75) is 46.0 Å². The normalized spacial score (nSPS) is 11.3. The summed E-state index contributed by atoms with van der Waals surface area (Å²) in [6, 6.07) is 5.73. The fourth-order valence-corrected chi connectivity index (χ4v) is 2.52. The largest absolute Gasteiger partial charge is 0.481 e. The van der Waals surface area contributed by atoms with E-state index in [2.05, 4.69) is 13.8 Å². The molecule has 1 rings (SSSR count). The van der Waals surface area contributed by atoms with Crippen LogP contribution in [0.3, 0.4) is 0 Å². The third kappa shape index (κ3) is 3.59. The van der Waals surface area contributed by atoms with Gasteiger partial charge in [0.25, 0.3) is 0 Å². The second-order valence-electron chi connectivity index (χ2n) is 5.66. The first kappa shape index (κ1) is 16.2. The molecular weight excluding hydrogens is 256 g/mol. The van der Waals surface area contributed by atoms with Gasteiger partial charge in [0.15, 0.2) is 5.92 Å². The van der Waals surface area contributed by atoms with Crippen molar-refractivity contribution in [1.82, 2.24) is 0 Å². The average Bonchev–Trinajstić information content (AvgIpc) is 2.34. The van der Waals surface area contributed by atoms with Crippen LogP contribution in [0.15, 0.2) is 18.2 Å². The van der Waals surface area contributed by atoms with E-state index in [-0.39, 0.29) is 12.3 Å². The lowest BCUT2D eigenvalue weighted by Gasteiger charge is -2.21. The molecule has 0 fully saturated rings. The number of aliphatic carboxylic acids is 2. The maximum Gasteiger partial charge on any atom is 0.318 e. The first-order valence-corrected chi connectivity index (χ1v) is 6.83. The van der Waals surface area contributed by atoms with E-state index in [1.165, 1.54) is 0 Å². The van der Waals surface area contributed by atoms with Crippen LogP contribution in [0.4, 0.5) is 0 Å². The van der Waals surface area contributed by atoms with Crippen molar-refractivity contribution in [2.24, 2.45) is 5.92 Å². The van der Waals surface area contributed by atoms with E-state index in [1.54, 1.807) is 0 Å². The summed E-state index contributed by atoms with van der Waals surface area (Å²) >= 11 is 0. The van der Waals surface area contributed by atoms with Crippen LogP contribution >= 0.6 is 0 Å². The van der Waals surface area contributed by atoms with Crippen molar-refractivity contribution < 1.29 is 19.8 Å². The van der Waals surface area contributed by atoms with Gasteiger partial charge in [0.1, 0.15) is 0 Å². The SMILES string of the molecule is CC(C)c1cccc(CC(C(=O)O)C(=O)O)c1C(C)C. The van der Waals surface area contributed by atoms with E-state index in [0.29, 0.717) is 5.92 Å². The maximum atomic E-state index is 11.1. The van der Waals surface area contributed by atoms with Crippen molar-refractivity contribution in [3.05, 3.63) is 34.9 Å². The van der Waals surface area contributed by atoms with Crippen LogP contribution in [0.25, 0.3) is 0 Å². The summed E-state index contributed by atoms with van der Waals surface area (Å²) in [6.07, 6.45) is 0.0265. The molecule has 0 heterocycles. The zero-order chi connectivity index (χ0) is 15.4. The van der Waals surface area contributed by atoms with Crippen molar-refractivity contribution in [1.29, 1.82) is 0 Å². The van der Waals surface area contributed by atoms with Gasteiger partial charge in [-0.3, -0.25) is 9.59 Å². The number of hydrogen-bond donors (Lipinski definition) is 2. The molecule has 0 saturated carbocycles. The van der Waals surface area contributed by atoms with Crippen LogP contribution in [-0.4, -0.2) is 22.2 Å². The molecule has 0 atom stereocenters.